The van der Waals surface area contributed by atoms with E-state index in [4.69, 9.17) is 0 Å². The van der Waals surface area contributed by atoms with E-state index in [1.54, 1.807) is 23.9 Å². The molecule has 0 aliphatic rings. The molecule has 0 atom stereocenters. The van der Waals surface area contributed by atoms with Gasteiger partial charge in [0, 0.05) is 28.7 Å². The summed E-state index contributed by atoms with van der Waals surface area (Å²) in [5.74, 6) is 0.694. The van der Waals surface area contributed by atoms with Crippen LogP contribution in [-0.2, 0) is 5.75 Å². The van der Waals surface area contributed by atoms with E-state index in [2.05, 4.69) is 10.2 Å². The summed E-state index contributed by atoms with van der Waals surface area (Å²) in [7, 11) is 0. The number of aromatic nitrogens is 2. The molecule has 0 bridgehead atoms. The molecule has 0 aliphatic carbocycles. The van der Waals surface area contributed by atoms with Crippen LogP contribution in [0.1, 0.15) is 11.3 Å². The average molecular weight is 311 g/mol. The standard InChI is InChI=1S/C16H13N3O2S/c1-11-14-4-2-3-5-15(14)16(18-17-11)22-10-12-6-8-13(9-7-12)19(20)21/h2-9H,10H2,1H3. The molecule has 0 spiro atoms. The third-order valence-electron chi connectivity index (χ3n) is 3.36. The Morgan fingerprint density at radius 3 is 2.41 bits per heavy atom. The quantitative estimate of drug-likeness (QED) is 0.411. The maximum Gasteiger partial charge on any atom is 0.269 e. The highest BCUT2D eigenvalue weighted by Crippen LogP contribution is 2.29. The minimum absolute atomic E-state index is 0.106. The fraction of sp³-hybridized carbons (Fsp3) is 0.125. The molecule has 6 heteroatoms. The van der Waals surface area contributed by atoms with Crippen LogP contribution in [0.25, 0.3) is 10.8 Å². The summed E-state index contributed by atoms with van der Waals surface area (Å²) < 4.78 is 0. The van der Waals surface area contributed by atoms with Crippen molar-refractivity contribution in [3.05, 3.63) is 69.9 Å². The molecule has 0 N–H and O–H groups in total. The molecule has 1 heterocycles. The SMILES string of the molecule is Cc1nnc(SCc2ccc([N+](=O)[O-])cc2)c2ccccc12. The number of nitro groups is 1. The summed E-state index contributed by atoms with van der Waals surface area (Å²) in [5.41, 5.74) is 2.03. The van der Waals surface area contributed by atoms with E-state index in [0.29, 0.717) is 5.75 Å². The van der Waals surface area contributed by atoms with E-state index in [-0.39, 0.29) is 5.69 Å². The lowest BCUT2D eigenvalue weighted by molar-refractivity contribution is -0.384. The van der Waals surface area contributed by atoms with Crippen molar-refractivity contribution >= 4 is 28.2 Å². The largest absolute Gasteiger partial charge is 0.269 e. The molecular formula is C16H13N3O2S. The number of hydrogen-bond donors (Lipinski definition) is 0. The van der Waals surface area contributed by atoms with E-state index in [1.807, 2.05) is 31.2 Å². The molecule has 0 amide bonds. The zero-order chi connectivity index (χ0) is 15.5. The molecule has 3 rings (SSSR count). The van der Waals surface area contributed by atoms with Gasteiger partial charge in [-0.05, 0) is 12.5 Å². The second-order valence-corrected chi connectivity index (χ2v) is 5.81. The van der Waals surface area contributed by atoms with Gasteiger partial charge in [-0.1, -0.05) is 48.2 Å². The second-order valence-electron chi connectivity index (χ2n) is 4.85. The topological polar surface area (TPSA) is 68.9 Å². The Labute approximate surface area is 131 Å². The van der Waals surface area contributed by atoms with Gasteiger partial charge in [-0.25, -0.2) is 0 Å². The van der Waals surface area contributed by atoms with Crippen molar-refractivity contribution in [2.24, 2.45) is 0 Å². The summed E-state index contributed by atoms with van der Waals surface area (Å²) in [6, 6.07) is 14.6. The number of aryl methyl sites for hydroxylation is 1. The number of nitro benzene ring substituents is 1. The van der Waals surface area contributed by atoms with Crippen molar-refractivity contribution in [3.8, 4) is 0 Å². The number of hydrogen-bond acceptors (Lipinski definition) is 5. The van der Waals surface area contributed by atoms with Crippen molar-refractivity contribution in [2.75, 3.05) is 0 Å². The van der Waals surface area contributed by atoms with Crippen LogP contribution >= 0.6 is 11.8 Å². The number of nitrogens with zero attached hydrogens (tertiary/aromatic N) is 3. The number of benzene rings is 2. The highest BCUT2D eigenvalue weighted by atomic mass is 32.2. The van der Waals surface area contributed by atoms with Crippen LogP contribution < -0.4 is 0 Å². The van der Waals surface area contributed by atoms with Gasteiger partial charge < -0.3 is 0 Å². The number of rotatable bonds is 4. The zero-order valence-corrected chi connectivity index (χ0v) is 12.7. The average Bonchev–Trinajstić information content (AvgIpc) is 2.55. The summed E-state index contributed by atoms with van der Waals surface area (Å²) in [6.07, 6.45) is 0. The van der Waals surface area contributed by atoms with Gasteiger partial charge in [0.25, 0.3) is 5.69 Å². The Bertz CT molecular complexity index is 834. The Morgan fingerprint density at radius 2 is 1.73 bits per heavy atom. The molecule has 0 saturated carbocycles. The van der Waals surface area contributed by atoms with Crippen molar-refractivity contribution < 1.29 is 4.92 Å². The van der Waals surface area contributed by atoms with Crippen LogP contribution in [0.3, 0.4) is 0 Å². The summed E-state index contributed by atoms with van der Waals surface area (Å²) in [5, 5.41) is 22.2. The predicted octanol–water partition coefficient (Wildman–Crippen LogP) is 4.14. The highest BCUT2D eigenvalue weighted by Gasteiger charge is 2.08. The van der Waals surface area contributed by atoms with Crippen molar-refractivity contribution in [3.63, 3.8) is 0 Å². The first-order valence-corrected chi connectivity index (χ1v) is 7.72. The van der Waals surface area contributed by atoms with Crippen LogP contribution in [0.2, 0.25) is 0 Å². The Hall–Kier alpha value is -2.47. The first-order valence-electron chi connectivity index (χ1n) is 6.73. The molecular weight excluding hydrogens is 298 g/mol. The van der Waals surface area contributed by atoms with Crippen LogP contribution in [0.15, 0.2) is 53.6 Å². The summed E-state index contributed by atoms with van der Waals surface area (Å²) in [4.78, 5) is 10.3. The van der Waals surface area contributed by atoms with Gasteiger partial charge in [-0.3, -0.25) is 10.1 Å². The first-order chi connectivity index (χ1) is 10.6. The van der Waals surface area contributed by atoms with Crippen LogP contribution in [-0.4, -0.2) is 15.1 Å². The maximum absolute atomic E-state index is 10.7. The Kier molecular flexibility index (Phi) is 4.02. The van der Waals surface area contributed by atoms with Gasteiger partial charge >= 0.3 is 0 Å². The Morgan fingerprint density at radius 1 is 1.05 bits per heavy atom. The predicted molar refractivity (Wildman–Crippen MR) is 86.9 cm³/mol. The van der Waals surface area contributed by atoms with E-state index >= 15 is 0 Å². The molecule has 0 radical (unpaired) electrons. The molecule has 110 valence electrons. The lowest BCUT2D eigenvalue weighted by Crippen LogP contribution is -1.93. The smallest absolute Gasteiger partial charge is 0.258 e. The number of non-ortho nitro benzene ring substituents is 1. The van der Waals surface area contributed by atoms with Crippen LogP contribution in [0.4, 0.5) is 5.69 Å². The lowest BCUT2D eigenvalue weighted by atomic mass is 10.1. The molecule has 0 saturated heterocycles. The monoisotopic (exact) mass is 311 g/mol. The third kappa shape index (κ3) is 2.92. The molecule has 0 aliphatic heterocycles. The second kappa shape index (κ2) is 6.11. The number of fused-ring (bicyclic) bond motifs is 1. The number of thioether (sulfide) groups is 1. The molecule has 22 heavy (non-hydrogen) atoms. The third-order valence-corrected chi connectivity index (χ3v) is 4.41. The van der Waals surface area contributed by atoms with Crippen LogP contribution in [0, 0.1) is 17.0 Å². The molecule has 5 nitrogen and oxygen atoms in total. The van der Waals surface area contributed by atoms with Gasteiger partial charge in [0.05, 0.1) is 10.6 Å². The van der Waals surface area contributed by atoms with Gasteiger partial charge in [0.15, 0.2) is 0 Å². The maximum atomic E-state index is 10.7. The minimum atomic E-state index is -0.393. The lowest BCUT2D eigenvalue weighted by Gasteiger charge is -2.06. The van der Waals surface area contributed by atoms with Crippen LogP contribution in [0.5, 0.6) is 0 Å². The molecule has 1 aromatic heterocycles. The Balaban J connectivity index is 1.82. The van der Waals surface area contributed by atoms with Gasteiger partial charge in [0.2, 0.25) is 0 Å². The molecule has 3 aromatic rings. The van der Waals surface area contributed by atoms with Crippen molar-refractivity contribution in [1.29, 1.82) is 0 Å². The van der Waals surface area contributed by atoms with E-state index in [0.717, 1.165) is 27.1 Å². The van der Waals surface area contributed by atoms with E-state index in [1.165, 1.54) is 12.1 Å². The van der Waals surface area contributed by atoms with Gasteiger partial charge in [-0.15, -0.1) is 5.10 Å². The molecule has 2 aromatic carbocycles. The van der Waals surface area contributed by atoms with Gasteiger partial charge in [0.1, 0.15) is 5.03 Å². The van der Waals surface area contributed by atoms with E-state index < -0.39 is 4.92 Å². The summed E-state index contributed by atoms with van der Waals surface area (Å²) >= 11 is 1.58. The summed E-state index contributed by atoms with van der Waals surface area (Å²) in [6.45, 7) is 1.94. The fourth-order valence-electron chi connectivity index (χ4n) is 2.19. The minimum Gasteiger partial charge on any atom is -0.258 e. The van der Waals surface area contributed by atoms with Crippen molar-refractivity contribution in [2.45, 2.75) is 17.7 Å². The molecule has 0 unspecified atom stereocenters. The normalized spacial score (nSPS) is 10.8. The zero-order valence-electron chi connectivity index (χ0n) is 11.9. The van der Waals surface area contributed by atoms with Gasteiger partial charge in [-0.2, -0.15) is 5.10 Å². The van der Waals surface area contributed by atoms with Crippen molar-refractivity contribution in [1.82, 2.24) is 10.2 Å². The first kappa shape index (κ1) is 14.5. The molecule has 0 fully saturated rings. The fourth-order valence-corrected chi connectivity index (χ4v) is 3.11. The van der Waals surface area contributed by atoms with E-state index in [9.17, 15) is 10.1 Å². The highest BCUT2D eigenvalue weighted by molar-refractivity contribution is 7.98.